The minimum atomic E-state index is -3.02. The Bertz CT molecular complexity index is 1050. The quantitative estimate of drug-likeness (QED) is 0.628. The number of nitrogens with one attached hydrogen (secondary N) is 1. The number of anilines is 1. The van der Waals surface area contributed by atoms with Gasteiger partial charge < -0.3 is 5.32 Å². The molecule has 0 saturated carbocycles. The zero-order chi connectivity index (χ0) is 20.6. The highest BCUT2D eigenvalue weighted by Crippen LogP contribution is 2.32. The van der Waals surface area contributed by atoms with E-state index >= 15 is 0 Å². The van der Waals surface area contributed by atoms with Gasteiger partial charge in [0, 0.05) is 11.3 Å². The van der Waals surface area contributed by atoms with E-state index in [0.717, 1.165) is 15.8 Å². The van der Waals surface area contributed by atoms with Gasteiger partial charge in [-0.1, -0.05) is 17.7 Å². The van der Waals surface area contributed by atoms with E-state index in [2.05, 4.69) is 15.4 Å². The van der Waals surface area contributed by atoms with E-state index in [9.17, 15) is 22.4 Å². The fourth-order valence-electron chi connectivity index (χ4n) is 3.08. The molecule has 2 heterocycles. The maximum Gasteiger partial charge on any atom is 0.280 e. The molecule has 0 bridgehead atoms. The number of aryl methyl sites for hydroxylation is 3. The van der Waals surface area contributed by atoms with Gasteiger partial charge >= 0.3 is 0 Å². The number of fused-ring (bicyclic) bond motifs is 1. The minimum Gasteiger partial charge on any atom is -0.324 e. The largest absolute Gasteiger partial charge is 0.324 e. The smallest absolute Gasteiger partial charge is 0.280 e. The SMILES string of the molecule is Cc1ccc(NC(=O)Cn2nc(C)c3c(C(F)F)cc(C(F)F)nc32)c(C)c1. The number of alkyl halides is 4. The lowest BCUT2D eigenvalue weighted by atomic mass is 10.1. The lowest BCUT2D eigenvalue weighted by Crippen LogP contribution is -2.20. The van der Waals surface area contributed by atoms with Crippen LogP contribution in [0.5, 0.6) is 0 Å². The molecule has 0 spiro atoms. The molecule has 0 aliphatic rings. The second-order valence-corrected chi connectivity index (χ2v) is 6.55. The van der Waals surface area contributed by atoms with Crippen LogP contribution in [0.15, 0.2) is 24.3 Å². The van der Waals surface area contributed by atoms with Crippen molar-refractivity contribution in [3.8, 4) is 0 Å². The van der Waals surface area contributed by atoms with Crippen molar-refractivity contribution in [3.63, 3.8) is 0 Å². The summed E-state index contributed by atoms with van der Waals surface area (Å²) in [5.41, 5.74) is 1.16. The van der Waals surface area contributed by atoms with Crippen molar-refractivity contribution in [2.24, 2.45) is 0 Å². The van der Waals surface area contributed by atoms with Crippen LogP contribution < -0.4 is 5.32 Å². The summed E-state index contributed by atoms with van der Waals surface area (Å²) in [6.07, 6.45) is -5.99. The topological polar surface area (TPSA) is 59.8 Å². The summed E-state index contributed by atoms with van der Waals surface area (Å²) in [7, 11) is 0. The first-order valence-corrected chi connectivity index (χ1v) is 8.48. The Labute approximate surface area is 158 Å². The van der Waals surface area contributed by atoms with Crippen molar-refractivity contribution in [1.29, 1.82) is 0 Å². The molecule has 3 aromatic rings. The highest BCUT2D eigenvalue weighted by Gasteiger charge is 2.24. The average Bonchev–Trinajstić information content (AvgIpc) is 2.92. The molecule has 0 saturated heterocycles. The Morgan fingerprint density at radius 2 is 1.82 bits per heavy atom. The maximum absolute atomic E-state index is 13.4. The van der Waals surface area contributed by atoms with Crippen molar-refractivity contribution >= 4 is 22.6 Å². The molecule has 3 rings (SSSR count). The second-order valence-electron chi connectivity index (χ2n) is 6.55. The molecule has 0 fully saturated rings. The molecule has 28 heavy (non-hydrogen) atoms. The highest BCUT2D eigenvalue weighted by atomic mass is 19.3. The van der Waals surface area contributed by atoms with Crippen molar-refractivity contribution in [3.05, 3.63) is 52.3 Å². The number of nitrogens with zero attached hydrogens (tertiary/aromatic N) is 3. The minimum absolute atomic E-state index is 0.0151. The first-order chi connectivity index (χ1) is 13.2. The molecule has 1 amide bonds. The lowest BCUT2D eigenvalue weighted by molar-refractivity contribution is -0.116. The van der Waals surface area contributed by atoms with E-state index < -0.39 is 30.0 Å². The van der Waals surface area contributed by atoms with Gasteiger partial charge in [-0.2, -0.15) is 5.10 Å². The van der Waals surface area contributed by atoms with E-state index in [0.29, 0.717) is 11.8 Å². The molecule has 0 radical (unpaired) electrons. The third kappa shape index (κ3) is 3.83. The molecule has 9 heteroatoms. The van der Waals surface area contributed by atoms with Crippen LogP contribution in [-0.4, -0.2) is 20.7 Å². The molecule has 0 aliphatic heterocycles. The van der Waals surface area contributed by atoms with E-state index in [1.807, 2.05) is 26.0 Å². The normalized spacial score (nSPS) is 11.6. The fraction of sp³-hybridized carbons (Fsp3) is 0.316. The number of rotatable bonds is 5. The predicted molar refractivity (Wildman–Crippen MR) is 96.7 cm³/mol. The van der Waals surface area contributed by atoms with Crippen LogP contribution in [0.25, 0.3) is 11.0 Å². The Balaban J connectivity index is 1.97. The number of pyridine rings is 1. The number of hydrogen-bond acceptors (Lipinski definition) is 3. The van der Waals surface area contributed by atoms with Gasteiger partial charge in [0.15, 0.2) is 5.65 Å². The second kappa shape index (κ2) is 7.57. The molecular formula is C19H18F4N4O. The number of carbonyl (C=O) groups excluding carboxylic acids is 1. The number of halogens is 4. The van der Waals surface area contributed by atoms with Gasteiger partial charge in [0.2, 0.25) is 5.91 Å². The zero-order valence-corrected chi connectivity index (χ0v) is 15.4. The molecule has 0 aliphatic carbocycles. The number of benzene rings is 1. The lowest BCUT2D eigenvalue weighted by Gasteiger charge is -2.10. The molecule has 2 aromatic heterocycles. The van der Waals surface area contributed by atoms with Crippen LogP contribution >= 0.6 is 0 Å². The summed E-state index contributed by atoms with van der Waals surface area (Å²) in [5, 5.41) is 6.76. The molecule has 1 N–H and O–H groups in total. The van der Waals surface area contributed by atoms with Crippen LogP contribution in [0.2, 0.25) is 0 Å². The fourth-order valence-corrected chi connectivity index (χ4v) is 3.08. The number of carbonyl (C=O) groups is 1. The van der Waals surface area contributed by atoms with Crippen LogP contribution in [0.4, 0.5) is 23.2 Å². The maximum atomic E-state index is 13.4. The predicted octanol–water partition coefficient (Wildman–Crippen LogP) is 4.87. The Morgan fingerprint density at radius 3 is 2.43 bits per heavy atom. The summed E-state index contributed by atoms with van der Waals surface area (Å²) < 4.78 is 54.0. The van der Waals surface area contributed by atoms with E-state index in [4.69, 9.17) is 0 Å². The molecule has 1 aromatic carbocycles. The summed E-state index contributed by atoms with van der Waals surface area (Å²) in [6.45, 7) is 4.88. The summed E-state index contributed by atoms with van der Waals surface area (Å²) >= 11 is 0. The van der Waals surface area contributed by atoms with Gasteiger partial charge in [0.05, 0.1) is 11.1 Å². The van der Waals surface area contributed by atoms with Gasteiger partial charge in [0.25, 0.3) is 12.9 Å². The Kier molecular flexibility index (Phi) is 5.35. The van der Waals surface area contributed by atoms with Gasteiger partial charge in [-0.15, -0.1) is 0 Å². The summed E-state index contributed by atoms with van der Waals surface area (Å²) in [4.78, 5) is 16.2. The Hall–Kier alpha value is -2.97. The molecule has 148 valence electrons. The highest BCUT2D eigenvalue weighted by molar-refractivity contribution is 5.92. The first kappa shape index (κ1) is 19.8. The summed E-state index contributed by atoms with van der Waals surface area (Å²) in [5.74, 6) is -0.473. The third-order valence-electron chi connectivity index (χ3n) is 4.34. The van der Waals surface area contributed by atoms with Crippen LogP contribution in [0.3, 0.4) is 0 Å². The number of amides is 1. The monoisotopic (exact) mass is 394 g/mol. The van der Waals surface area contributed by atoms with Crippen molar-refractivity contribution in [1.82, 2.24) is 14.8 Å². The number of aromatic nitrogens is 3. The van der Waals surface area contributed by atoms with Crippen LogP contribution in [0.1, 0.15) is 40.9 Å². The van der Waals surface area contributed by atoms with E-state index in [1.54, 1.807) is 6.07 Å². The zero-order valence-electron chi connectivity index (χ0n) is 15.4. The molecule has 0 unspecified atom stereocenters. The van der Waals surface area contributed by atoms with Gasteiger partial charge in [0.1, 0.15) is 12.2 Å². The van der Waals surface area contributed by atoms with Crippen molar-refractivity contribution in [2.45, 2.75) is 40.2 Å². The van der Waals surface area contributed by atoms with Crippen molar-refractivity contribution < 1.29 is 22.4 Å². The van der Waals surface area contributed by atoms with Crippen LogP contribution in [-0.2, 0) is 11.3 Å². The molecule has 5 nitrogen and oxygen atoms in total. The van der Waals surface area contributed by atoms with Gasteiger partial charge in [-0.25, -0.2) is 27.2 Å². The van der Waals surface area contributed by atoms with Crippen LogP contribution in [0, 0.1) is 20.8 Å². The van der Waals surface area contributed by atoms with E-state index in [1.165, 1.54) is 6.92 Å². The van der Waals surface area contributed by atoms with E-state index in [-0.39, 0.29) is 23.3 Å². The van der Waals surface area contributed by atoms with Crippen molar-refractivity contribution in [2.75, 3.05) is 5.32 Å². The Morgan fingerprint density at radius 1 is 1.11 bits per heavy atom. The van der Waals surface area contributed by atoms with Gasteiger partial charge in [-0.3, -0.25) is 4.79 Å². The molecular weight excluding hydrogens is 376 g/mol. The third-order valence-corrected chi connectivity index (χ3v) is 4.34. The summed E-state index contributed by atoms with van der Waals surface area (Å²) in [6, 6.07) is 6.17. The number of hydrogen-bond donors (Lipinski definition) is 1. The van der Waals surface area contributed by atoms with Gasteiger partial charge in [-0.05, 0) is 38.5 Å². The molecule has 0 atom stereocenters. The first-order valence-electron chi connectivity index (χ1n) is 8.48. The average molecular weight is 394 g/mol. The standard InChI is InChI=1S/C19H18F4N4O/c1-9-4-5-13(10(2)6-9)24-15(28)8-27-19-16(11(3)26-27)12(17(20)21)7-14(25-19)18(22)23/h4-7,17-18H,8H2,1-3H3,(H,24,28).